The van der Waals surface area contributed by atoms with Crippen molar-refractivity contribution in [1.82, 2.24) is 4.90 Å². The van der Waals surface area contributed by atoms with Crippen LogP contribution in [0.5, 0.6) is 0 Å². The van der Waals surface area contributed by atoms with Gasteiger partial charge in [0.15, 0.2) is 0 Å². The molecule has 1 aromatic rings. The summed E-state index contributed by atoms with van der Waals surface area (Å²) in [7, 11) is 0. The maximum atomic E-state index is 13.6. The molecule has 1 amide bonds. The van der Waals surface area contributed by atoms with Crippen molar-refractivity contribution < 1.29 is 9.18 Å². The van der Waals surface area contributed by atoms with Crippen molar-refractivity contribution in [2.24, 2.45) is 5.73 Å². The molecule has 4 heteroatoms. The summed E-state index contributed by atoms with van der Waals surface area (Å²) in [5.41, 5.74) is 6.00. The summed E-state index contributed by atoms with van der Waals surface area (Å²) in [6.07, 6.45) is 3.21. The van der Waals surface area contributed by atoms with Crippen LogP contribution in [-0.2, 0) is 11.3 Å². The summed E-state index contributed by atoms with van der Waals surface area (Å²) in [4.78, 5) is 13.8. The number of halogens is 1. The van der Waals surface area contributed by atoms with Gasteiger partial charge in [0.05, 0.1) is 0 Å². The van der Waals surface area contributed by atoms with Crippen LogP contribution in [0.1, 0.15) is 31.2 Å². The van der Waals surface area contributed by atoms with Gasteiger partial charge in [0.25, 0.3) is 0 Å². The van der Waals surface area contributed by atoms with E-state index in [2.05, 4.69) is 0 Å². The van der Waals surface area contributed by atoms with Gasteiger partial charge >= 0.3 is 0 Å². The fourth-order valence-electron chi connectivity index (χ4n) is 2.01. The number of amides is 1. The fourth-order valence-corrected chi connectivity index (χ4v) is 2.01. The van der Waals surface area contributed by atoms with Gasteiger partial charge < -0.3 is 10.6 Å². The van der Waals surface area contributed by atoms with Gasteiger partial charge in [-0.05, 0) is 31.9 Å². The van der Waals surface area contributed by atoms with Gasteiger partial charge in [-0.1, -0.05) is 18.2 Å². The van der Waals surface area contributed by atoms with Crippen molar-refractivity contribution >= 4 is 5.91 Å². The first kappa shape index (κ1) is 13.0. The predicted molar refractivity (Wildman–Crippen MR) is 68.3 cm³/mol. The van der Waals surface area contributed by atoms with Gasteiger partial charge in [-0.3, -0.25) is 4.79 Å². The lowest BCUT2D eigenvalue weighted by Crippen LogP contribution is -2.33. The Balaban J connectivity index is 2.02. The molecule has 2 rings (SSSR count). The summed E-state index contributed by atoms with van der Waals surface area (Å²) in [5, 5.41) is 0. The van der Waals surface area contributed by atoms with Crippen LogP contribution in [0.2, 0.25) is 0 Å². The number of carbonyl (C=O) groups excluding carboxylic acids is 1. The van der Waals surface area contributed by atoms with E-state index in [4.69, 9.17) is 5.73 Å². The van der Waals surface area contributed by atoms with E-state index in [-0.39, 0.29) is 11.7 Å². The van der Waals surface area contributed by atoms with Crippen molar-refractivity contribution in [2.45, 2.75) is 38.3 Å². The fraction of sp³-hybridized carbons (Fsp3) is 0.500. The van der Waals surface area contributed by atoms with E-state index in [9.17, 15) is 9.18 Å². The molecule has 18 heavy (non-hydrogen) atoms. The third-order valence-electron chi connectivity index (χ3n) is 3.20. The third kappa shape index (κ3) is 3.29. The zero-order valence-corrected chi connectivity index (χ0v) is 10.4. The topological polar surface area (TPSA) is 46.3 Å². The standard InChI is InChI=1S/C14H19FN2O/c15-13-5-2-1-4-11(13)10-17(12-7-8-12)14(18)6-3-9-16/h1-2,4-5,12H,3,6-10,16H2. The Morgan fingerprint density at radius 1 is 1.39 bits per heavy atom. The summed E-state index contributed by atoms with van der Waals surface area (Å²) in [6, 6.07) is 6.94. The Morgan fingerprint density at radius 2 is 2.11 bits per heavy atom. The van der Waals surface area contributed by atoms with Crippen molar-refractivity contribution in [3.63, 3.8) is 0 Å². The van der Waals surface area contributed by atoms with Gasteiger partial charge in [0, 0.05) is 24.6 Å². The van der Waals surface area contributed by atoms with E-state index in [1.165, 1.54) is 6.07 Å². The van der Waals surface area contributed by atoms with Crippen LogP contribution in [0.4, 0.5) is 4.39 Å². The lowest BCUT2D eigenvalue weighted by molar-refractivity contribution is -0.132. The van der Waals surface area contributed by atoms with Crippen molar-refractivity contribution in [3.05, 3.63) is 35.6 Å². The zero-order valence-electron chi connectivity index (χ0n) is 10.4. The SMILES string of the molecule is NCCCC(=O)N(Cc1ccccc1F)C1CC1. The van der Waals surface area contributed by atoms with Crippen LogP contribution < -0.4 is 5.73 Å². The molecule has 0 aliphatic heterocycles. The Kier molecular flexibility index (Phi) is 4.31. The summed E-state index contributed by atoms with van der Waals surface area (Å²) >= 11 is 0. The molecule has 0 atom stereocenters. The summed E-state index contributed by atoms with van der Waals surface area (Å²) in [5.74, 6) is -0.152. The largest absolute Gasteiger partial charge is 0.335 e. The molecule has 3 nitrogen and oxygen atoms in total. The molecule has 1 aliphatic carbocycles. The van der Waals surface area contributed by atoms with Crippen LogP contribution >= 0.6 is 0 Å². The molecule has 98 valence electrons. The maximum Gasteiger partial charge on any atom is 0.223 e. The van der Waals surface area contributed by atoms with Crippen molar-refractivity contribution in [2.75, 3.05) is 6.54 Å². The Labute approximate surface area is 107 Å². The molecular weight excluding hydrogens is 231 g/mol. The van der Waals surface area contributed by atoms with Crippen LogP contribution in [0.3, 0.4) is 0 Å². The minimum atomic E-state index is -0.241. The highest BCUT2D eigenvalue weighted by atomic mass is 19.1. The van der Waals surface area contributed by atoms with Crippen molar-refractivity contribution in [3.8, 4) is 0 Å². The highest BCUT2D eigenvalue weighted by Crippen LogP contribution is 2.29. The zero-order chi connectivity index (χ0) is 13.0. The van der Waals surface area contributed by atoms with E-state index < -0.39 is 0 Å². The lowest BCUT2D eigenvalue weighted by atomic mass is 10.2. The van der Waals surface area contributed by atoms with Crippen LogP contribution in [0.25, 0.3) is 0 Å². The molecule has 0 spiro atoms. The molecule has 1 saturated carbocycles. The Hall–Kier alpha value is -1.42. The minimum Gasteiger partial charge on any atom is -0.335 e. The van der Waals surface area contributed by atoms with E-state index in [1.807, 2.05) is 0 Å². The molecule has 0 unspecified atom stereocenters. The minimum absolute atomic E-state index is 0.0891. The summed E-state index contributed by atoms with van der Waals surface area (Å²) in [6.45, 7) is 0.894. The number of hydrogen-bond donors (Lipinski definition) is 1. The van der Waals surface area contributed by atoms with E-state index >= 15 is 0 Å². The average molecular weight is 250 g/mol. The molecule has 2 N–H and O–H groups in total. The maximum absolute atomic E-state index is 13.6. The molecule has 0 saturated heterocycles. The molecule has 1 fully saturated rings. The first-order valence-electron chi connectivity index (χ1n) is 6.45. The van der Waals surface area contributed by atoms with E-state index in [1.54, 1.807) is 23.1 Å². The monoisotopic (exact) mass is 250 g/mol. The van der Waals surface area contributed by atoms with Gasteiger partial charge in [-0.15, -0.1) is 0 Å². The third-order valence-corrected chi connectivity index (χ3v) is 3.20. The number of nitrogens with zero attached hydrogens (tertiary/aromatic N) is 1. The number of rotatable bonds is 6. The molecular formula is C14H19FN2O. The van der Waals surface area contributed by atoms with Gasteiger partial charge in [0.1, 0.15) is 5.82 Å². The van der Waals surface area contributed by atoms with Gasteiger partial charge in [0.2, 0.25) is 5.91 Å². The number of benzene rings is 1. The average Bonchev–Trinajstić information content (AvgIpc) is 3.19. The molecule has 0 radical (unpaired) electrons. The Morgan fingerprint density at radius 3 is 2.72 bits per heavy atom. The summed E-state index contributed by atoms with van der Waals surface area (Å²) < 4.78 is 13.6. The normalized spacial score (nSPS) is 14.6. The second-order valence-corrected chi connectivity index (χ2v) is 4.74. The number of nitrogens with two attached hydrogens (primary N) is 1. The highest BCUT2D eigenvalue weighted by Gasteiger charge is 2.32. The molecule has 1 aromatic carbocycles. The van der Waals surface area contributed by atoms with Crippen LogP contribution in [0.15, 0.2) is 24.3 Å². The first-order chi connectivity index (χ1) is 8.72. The number of carbonyl (C=O) groups is 1. The molecule has 1 aliphatic rings. The second kappa shape index (κ2) is 5.96. The van der Waals surface area contributed by atoms with Gasteiger partial charge in [-0.25, -0.2) is 4.39 Å². The predicted octanol–water partition coefficient (Wildman–Crippen LogP) is 2.06. The molecule has 0 aromatic heterocycles. The highest BCUT2D eigenvalue weighted by molar-refractivity contribution is 5.76. The van der Waals surface area contributed by atoms with Gasteiger partial charge in [-0.2, -0.15) is 0 Å². The first-order valence-corrected chi connectivity index (χ1v) is 6.45. The number of hydrogen-bond acceptors (Lipinski definition) is 2. The van der Waals surface area contributed by atoms with E-state index in [0.29, 0.717) is 37.5 Å². The van der Waals surface area contributed by atoms with Crippen LogP contribution in [-0.4, -0.2) is 23.4 Å². The van der Waals surface area contributed by atoms with E-state index in [0.717, 1.165) is 12.8 Å². The molecule has 0 bridgehead atoms. The quantitative estimate of drug-likeness (QED) is 0.840. The smallest absolute Gasteiger partial charge is 0.223 e. The second-order valence-electron chi connectivity index (χ2n) is 4.74. The Bertz CT molecular complexity index is 418. The van der Waals surface area contributed by atoms with Crippen LogP contribution in [0, 0.1) is 5.82 Å². The van der Waals surface area contributed by atoms with Crippen molar-refractivity contribution in [1.29, 1.82) is 0 Å². The molecule has 0 heterocycles. The lowest BCUT2D eigenvalue weighted by Gasteiger charge is -2.22.